The summed E-state index contributed by atoms with van der Waals surface area (Å²) in [6, 6.07) is 37.2. The molecule has 174 valence electrons. The van der Waals surface area contributed by atoms with Gasteiger partial charge in [0.2, 0.25) is 0 Å². The fourth-order valence-electron chi connectivity index (χ4n) is 6.50. The highest BCUT2D eigenvalue weighted by molar-refractivity contribution is 6.20. The zero-order chi connectivity index (χ0) is 24.7. The molecule has 2 aliphatic rings. The molecular formula is C35H24N2. The molecule has 6 aromatic rings. The highest BCUT2D eigenvalue weighted by Crippen LogP contribution is 2.56. The Morgan fingerprint density at radius 2 is 1.14 bits per heavy atom. The second kappa shape index (κ2) is 7.24. The highest BCUT2D eigenvalue weighted by atomic mass is 14.8. The topological polar surface area (TPSA) is 25.8 Å². The van der Waals surface area contributed by atoms with Gasteiger partial charge in [0.05, 0.1) is 17.1 Å². The summed E-state index contributed by atoms with van der Waals surface area (Å²) in [5, 5.41) is 2.82. The minimum absolute atomic E-state index is 0.136. The Bertz CT molecular complexity index is 1870. The van der Waals surface area contributed by atoms with Gasteiger partial charge in [0.1, 0.15) is 0 Å². The first-order chi connectivity index (χ1) is 18.1. The summed E-state index contributed by atoms with van der Waals surface area (Å²) in [5.74, 6) is 0. The second-order valence-corrected chi connectivity index (χ2v) is 10.6. The standard InChI is InChI=1S/C35H24N2/c1-35(2)28-18-17-26-23-9-4-3-8-22(23)25-15-16-27(34(28)33(25)26)24-14-13-21(20-29(24)35)30-11-7-12-32(37-30)31-10-5-6-19-36-31/h3-20H,1-2H3. The van der Waals surface area contributed by atoms with Crippen molar-refractivity contribution in [3.05, 3.63) is 120 Å². The van der Waals surface area contributed by atoms with Crippen LogP contribution in [0.4, 0.5) is 0 Å². The molecule has 0 spiro atoms. The van der Waals surface area contributed by atoms with Crippen LogP contribution in [0.15, 0.2) is 109 Å². The third-order valence-corrected chi connectivity index (χ3v) is 8.30. The van der Waals surface area contributed by atoms with E-state index in [-0.39, 0.29) is 5.41 Å². The van der Waals surface area contributed by atoms with E-state index >= 15 is 0 Å². The first-order valence-electron chi connectivity index (χ1n) is 12.8. The lowest BCUT2D eigenvalue weighted by Crippen LogP contribution is -2.23. The molecule has 0 atom stereocenters. The van der Waals surface area contributed by atoms with E-state index in [9.17, 15) is 0 Å². The van der Waals surface area contributed by atoms with Crippen molar-refractivity contribution in [1.29, 1.82) is 0 Å². The molecule has 0 unspecified atom stereocenters. The normalized spacial score (nSPS) is 13.9. The van der Waals surface area contributed by atoms with E-state index in [4.69, 9.17) is 4.98 Å². The number of rotatable bonds is 2. The van der Waals surface area contributed by atoms with Crippen molar-refractivity contribution in [1.82, 2.24) is 9.97 Å². The van der Waals surface area contributed by atoms with Gasteiger partial charge in [-0.2, -0.15) is 0 Å². The number of nitrogens with zero attached hydrogens (tertiary/aromatic N) is 2. The summed E-state index contributed by atoms with van der Waals surface area (Å²) < 4.78 is 0. The lowest BCUT2D eigenvalue weighted by molar-refractivity contribution is 0.645. The largest absolute Gasteiger partial charge is 0.255 e. The smallest absolute Gasteiger partial charge is 0.0893 e. The molecule has 0 fully saturated rings. The predicted molar refractivity (Wildman–Crippen MR) is 152 cm³/mol. The monoisotopic (exact) mass is 472 g/mol. The van der Waals surface area contributed by atoms with Crippen LogP contribution in [0.3, 0.4) is 0 Å². The maximum Gasteiger partial charge on any atom is 0.0893 e. The second-order valence-electron chi connectivity index (χ2n) is 10.6. The van der Waals surface area contributed by atoms with Gasteiger partial charge < -0.3 is 0 Å². The van der Waals surface area contributed by atoms with Crippen LogP contribution >= 0.6 is 0 Å². The molecule has 0 saturated heterocycles. The number of benzene rings is 4. The maximum atomic E-state index is 4.98. The van der Waals surface area contributed by atoms with Crippen LogP contribution in [-0.4, -0.2) is 9.97 Å². The molecular weight excluding hydrogens is 448 g/mol. The Kier molecular flexibility index (Phi) is 4.03. The van der Waals surface area contributed by atoms with Gasteiger partial charge in [-0.25, -0.2) is 4.98 Å². The van der Waals surface area contributed by atoms with Crippen LogP contribution in [0.1, 0.15) is 25.0 Å². The minimum atomic E-state index is -0.136. The Morgan fingerprint density at radius 1 is 0.486 bits per heavy atom. The van der Waals surface area contributed by atoms with E-state index < -0.39 is 0 Å². The molecule has 2 heterocycles. The number of fused-ring (bicyclic) bond motifs is 5. The first-order valence-corrected chi connectivity index (χ1v) is 12.8. The Hall–Kier alpha value is -4.56. The van der Waals surface area contributed by atoms with Crippen LogP contribution in [0.5, 0.6) is 0 Å². The molecule has 0 saturated carbocycles. The Morgan fingerprint density at radius 3 is 1.89 bits per heavy atom. The fraction of sp³-hybridized carbons (Fsp3) is 0.0857. The molecule has 0 N–H and O–H groups in total. The first kappa shape index (κ1) is 20.6. The van der Waals surface area contributed by atoms with Crippen LogP contribution in [0.25, 0.3) is 66.8 Å². The molecule has 0 amide bonds. The van der Waals surface area contributed by atoms with Crippen molar-refractivity contribution < 1.29 is 0 Å². The Labute approximate surface area is 216 Å². The number of hydrogen-bond acceptors (Lipinski definition) is 2. The molecule has 0 aliphatic heterocycles. The van der Waals surface area contributed by atoms with Crippen molar-refractivity contribution in [2.24, 2.45) is 0 Å². The lowest BCUT2D eigenvalue weighted by atomic mass is 9.67. The van der Waals surface area contributed by atoms with Gasteiger partial charge in [-0.1, -0.05) is 86.6 Å². The summed E-state index contributed by atoms with van der Waals surface area (Å²) in [7, 11) is 0. The summed E-state index contributed by atoms with van der Waals surface area (Å²) in [6.07, 6.45) is 1.82. The van der Waals surface area contributed by atoms with Gasteiger partial charge in [0, 0.05) is 17.2 Å². The van der Waals surface area contributed by atoms with Crippen molar-refractivity contribution in [2.75, 3.05) is 0 Å². The van der Waals surface area contributed by atoms with Crippen molar-refractivity contribution in [2.45, 2.75) is 19.3 Å². The summed E-state index contributed by atoms with van der Waals surface area (Å²) in [4.78, 5) is 9.48. The summed E-state index contributed by atoms with van der Waals surface area (Å²) in [6.45, 7) is 4.73. The average Bonchev–Trinajstić information content (AvgIpc) is 3.28. The van der Waals surface area contributed by atoms with E-state index in [0.29, 0.717) is 0 Å². The van der Waals surface area contributed by atoms with Gasteiger partial charge in [0.15, 0.2) is 0 Å². The van der Waals surface area contributed by atoms with E-state index in [0.717, 1.165) is 22.6 Å². The van der Waals surface area contributed by atoms with E-state index in [1.807, 2.05) is 30.5 Å². The molecule has 2 nitrogen and oxygen atoms in total. The molecule has 8 rings (SSSR count). The molecule has 0 bridgehead atoms. The lowest BCUT2D eigenvalue weighted by Gasteiger charge is -2.36. The quantitative estimate of drug-likeness (QED) is 0.251. The van der Waals surface area contributed by atoms with Crippen LogP contribution in [0, 0.1) is 0 Å². The van der Waals surface area contributed by atoms with E-state index in [1.54, 1.807) is 0 Å². The predicted octanol–water partition coefficient (Wildman–Crippen LogP) is 8.92. The summed E-state index contributed by atoms with van der Waals surface area (Å²) in [5.41, 5.74) is 14.6. The maximum absolute atomic E-state index is 4.98. The molecule has 2 heteroatoms. The summed E-state index contributed by atoms with van der Waals surface area (Å²) >= 11 is 0. The minimum Gasteiger partial charge on any atom is -0.255 e. The molecule has 2 aromatic heterocycles. The molecule has 4 aromatic carbocycles. The SMILES string of the molecule is CC1(C)c2cc(-c3cccc(-c4ccccn4)n3)ccc2-c2ccc3c4c(ccc1c24)-c1ccccc1-3. The molecule has 37 heavy (non-hydrogen) atoms. The van der Waals surface area contributed by atoms with E-state index in [1.165, 1.54) is 55.3 Å². The van der Waals surface area contributed by atoms with Gasteiger partial charge >= 0.3 is 0 Å². The zero-order valence-corrected chi connectivity index (χ0v) is 20.8. The van der Waals surface area contributed by atoms with Crippen molar-refractivity contribution in [3.8, 4) is 56.0 Å². The average molecular weight is 473 g/mol. The van der Waals surface area contributed by atoms with Gasteiger partial charge in [-0.3, -0.25) is 4.98 Å². The van der Waals surface area contributed by atoms with Crippen LogP contribution in [0.2, 0.25) is 0 Å². The fourth-order valence-corrected chi connectivity index (χ4v) is 6.50. The van der Waals surface area contributed by atoms with Crippen LogP contribution in [-0.2, 0) is 5.41 Å². The van der Waals surface area contributed by atoms with Crippen LogP contribution < -0.4 is 0 Å². The van der Waals surface area contributed by atoms with Gasteiger partial charge in [0.25, 0.3) is 0 Å². The third-order valence-electron chi connectivity index (χ3n) is 8.30. The Balaban J connectivity index is 1.34. The highest BCUT2D eigenvalue weighted by Gasteiger charge is 2.36. The van der Waals surface area contributed by atoms with Gasteiger partial charge in [-0.15, -0.1) is 0 Å². The number of hydrogen-bond donors (Lipinski definition) is 0. The molecule has 0 radical (unpaired) electrons. The third kappa shape index (κ3) is 2.76. The zero-order valence-electron chi connectivity index (χ0n) is 20.8. The molecule has 2 aliphatic carbocycles. The van der Waals surface area contributed by atoms with Crippen molar-refractivity contribution >= 4 is 10.8 Å². The van der Waals surface area contributed by atoms with Gasteiger partial charge in [-0.05, 0) is 85.6 Å². The number of aromatic nitrogens is 2. The number of pyridine rings is 2. The van der Waals surface area contributed by atoms with E-state index in [2.05, 4.69) is 97.7 Å². The van der Waals surface area contributed by atoms with Crippen molar-refractivity contribution in [3.63, 3.8) is 0 Å².